The lowest BCUT2D eigenvalue weighted by Gasteiger charge is -2.31. The van der Waals surface area contributed by atoms with E-state index in [4.69, 9.17) is 4.74 Å². The maximum atomic E-state index is 6.97. The summed E-state index contributed by atoms with van der Waals surface area (Å²) in [5.41, 5.74) is 6.57. The first kappa shape index (κ1) is 20.7. The highest BCUT2D eigenvalue weighted by Gasteiger charge is 2.36. The van der Waals surface area contributed by atoms with Gasteiger partial charge in [-0.2, -0.15) is 0 Å². The number of rotatable bonds is 1. The van der Waals surface area contributed by atoms with E-state index in [0.717, 1.165) is 11.5 Å². The summed E-state index contributed by atoms with van der Waals surface area (Å²) in [4.78, 5) is 0. The van der Waals surface area contributed by atoms with E-state index < -0.39 is 0 Å². The second kappa shape index (κ2) is 7.32. The molecule has 0 spiro atoms. The van der Waals surface area contributed by atoms with Crippen LogP contribution in [0.2, 0.25) is 0 Å². The Hall–Kier alpha value is -2.87. The molecule has 0 saturated heterocycles. The molecule has 0 radical (unpaired) electrons. The normalized spacial score (nSPS) is 16.2. The van der Waals surface area contributed by atoms with E-state index in [2.05, 4.69) is 88.0 Å². The summed E-state index contributed by atoms with van der Waals surface area (Å²) in [5.74, 6) is 2.74. The number of aromatic nitrogens is 1. The number of benzene rings is 3. The number of nitrogens with zero attached hydrogens (tertiary/aromatic N) is 1. The lowest BCUT2D eigenvalue weighted by molar-refractivity contribution is -0.659. The highest BCUT2D eigenvalue weighted by Crippen LogP contribution is 2.53. The zero-order valence-corrected chi connectivity index (χ0v) is 20.6. The van der Waals surface area contributed by atoms with Crippen molar-refractivity contribution < 1.29 is 9.30 Å². The molecular formula is C31H34NO+. The van der Waals surface area contributed by atoms with Crippen molar-refractivity contribution in [2.45, 2.75) is 71.1 Å². The van der Waals surface area contributed by atoms with Crippen LogP contribution in [0, 0.1) is 6.92 Å². The van der Waals surface area contributed by atoms with Gasteiger partial charge in [-0.1, -0.05) is 70.4 Å². The van der Waals surface area contributed by atoms with Crippen LogP contribution in [0.4, 0.5) is 0 Å². The Kier molecular flexibility index (Phi) is 4.59. The van der Waals surface area contributed by atoms with Crippen molar-refractivity contribution in [3.8, 4) is 22.8 Å². The van der Waals surface area contributed by atoms with Crippen LogP contribution in [0.5, 0.6) is 11.5 Å². The third-order valence-corrected chi connectivity index (χ3v) is 7.93. The van der Waals surface area contributed by atoms with E-state index in [-0.39, 0.29) is 5.41 Å². The topological polar surface area (TPSA) is 13.1 Å². The fourth-order valence-electron chi connectivity index (χ4n) is 6.36. The summed E-state index contributed by atoms with van der Waals surface area (Å²) in [6, 6.07) is 15.9. The first-order valence-corrected chi connectivity index (χ1v) is 12.5. The molecule has 168 valence electrons. The third-order valence-electron chi connectivity index (χ3n) is 7.93. The Morgan fingerprint density at radius 1 is 0.939 bits per heavy atom. The highest BCUT2D eigenvalue weighted by molar-refractivity contribution is 6.07. The van der Waals surface area contributed by atoms with E-state index in [1.807, 2.05) is 0 Å². The molecule has 1 aliphatic carbocycles. The summed E-state index contributed by atoms with van der Waals surface area (Å²) in [7, 11) is 2.17. The average molecular weight is 437 g/mol. The molecule has 0 N–H and O–H groups in total. The summed E-state index contributed by atoms with van der Waals surface area (Å²) in [6.45, 7) is 9.18. The fraction of sp³-hybridized carbons (Fsp3) is 0.387. The molecule has 3 aromatic carbocycles. The first-order valence-electron chi connectivity index (χ1n) is 12.5. The minimum Gasteiger partial charge on any atom is -0.455 e. The zero-order valence-electron chi connectivity index (χ0n) is 20.6. The van der Waals surface area contributed by atoms with Crippen LogP contribution in [-0.2, 0) is 12.5 Å². The summed E-state index contributed by atoms with van der Waals surface area (Å²) in [6.07, 6.45) is 8.89. The number of aryl methyl sites for hydroxylation is 2. The van der Waals surface area contributed by atoms with Crippen LogP contribution in [-0.4, -0.2) is 0 Å². The van der Waals surface area contributed by atoms with Crippen LogP contribution in [0.15, 0.2) is 48.7 Å². The van der Waals surface area contributed by atoms with Gasteiger partial charge < -0.3 is 4.74 Å². The molecule has 2 aliphatic rings. The van der Waals surface area contributed by atoms with Crippen molar-refractivity contribution in [1.29, 1.82) is 0 Å². The molecule has 1 fully saturated rings. The SMILES string of the molecule is Cc1c2c(c(C(C)(C)C)c3ccccc13)Oc1cc(C3CCCCC3)cc3cc[n+](C)c-2c13. The predicted octanol–water partition coefficient (Wildman–Crippen LogP) is 8.24. The largest absolute Gasteiger partial charge is 0.455 e. The maximum absolute atomic E-state index is 6.97. The second-order valence-electron chi connectivity index (χ2n) is 11.2. The van der Waals surface area contributed by atoms with Gasteiger partial charge in [-0.25, -0.2) is 4.57 Å². The molecule has 0 atom stereocenters. The van der Waals surface area contributed by atoms with Crippen LogP contribution in [0.25, 0.3) is 32.8 Å². The molecule has 0 bridgehead atoms. The van der Waals surface area contributed by atoms with Gasteiger partial charge in [0.05, 0.1) is 10.9 Å². The molecule has 1 saturated carbocycles. The number of fused-ring (bicyclic) bond motifs is 3. The molecule has 4 aromatic rings. The second-order valence-corrected chi connectivity index (χ2v) is 11.2. The molecule has 2 heteroatoms. The molecule has 2 heterocycles. The Morgan fingerprint density at radius 2 is 1.67 bits per heavy atom. The molecule has 1 aromatic heterocycles. The Morgan fingerprint density at radius 3 is 2.39 bits per heavy atom. The maximum Gasteiger partial charge on any atom is 0.228 e. The number of hydrogen-bond acceptors (Lipinski definition) is 1. The van der Waals surface area contributed by atoms with Gasteiger partial charge in [-0.15, -0.1) is 0 Å². The molecule has 1 aliphatic heterocycles. The van der Waals surface area contributed by atoms with Gasteiger partial charge in [0.1, 0.15) is 18.5 Å². The fourth-order valence-corrected chi connectivity index (χ4v) is 6.36. The molecular weight excluding hydrogens is 402 g/mol. The van der Waals surface area contributed by atoms with Crippen molar-refractivity contribution >= 4 is 21.5 Å². The Labute approximate surface area is 197 Å². The highest BCUT2D eigenvalue weighted by atomic mass is 16.5. The van der Waals surface area contributed by atoms with E-state index in [9.17, 15) is 0 Å². The predicted molar refractivity (Wildman–Crippen MR) is 137 cm³/mol. The standard InChI is InChI=1S/C31H34NO/c1-19-23-13-9-10-14-24(23)28(31(2,3)4)30-26(19)29-27-21(15-16-32(29)5)17-22(18-25(27)33-30)20-11-7-6-8-12-20/h9-10,13-18,20H,6-8,11-12H2,1-5H3/q+1. The van der Waals surface area contributed by atoms with E-state index in [0.29, 0.717) is 5.92 Å². The quantitative estimate of drug-likeness (QED) is 0.241. The van der Waals surface area contributed by atoms with Crippen molar-refractivity contribution in [3.63, 3.8) is 0 Å². The van der Waals surface area contributed by atoms with E-state index in [1.165, 1.54) is 81.6 Å². The summed E-state index contributed by atoms with van der Waals surface area (Å²) >= 11 is 0. The third kappa shape index (κ3) is 3.10. The Balaban J connectivity index is 1.72. The monoisotopic (exact) mass is 436 g/mol. The van der Waals surface area contributed by atoms with E-state index >= 15 is 0 Å². The van der Waals surface area contributed by atoms with Crippen LogP contribution < -0.4 is 9.30 Å². The van der Waals surface area contributed by atoms with Crippen molar-refractivity contribution in [2.24, 2.45) is 7.05 Å². The van der Waals surface area contributed by atoms with Gasteiger partial charge in [0.25, 0.3) is 0 Å². The molecule has 2 nitrogen and oxygen atoms in total. The number of ether oxygens (including phenoxy) is 1. The van der Waals surface area contributed by atoms with Gasteiger partial charge in [-0.05, 0) is 64.5 Å². The van der Waals surface area contributed by atoms with Gasteiger partial charge in [-0.3, -0.25) is 0 Å². The smallest absolute Gasteiger partial charge is 0.228 e. The lowest BCUT2D eigenvalue weighted by atomic mass is 9.78. The van der Waals surface area contributed by atoms with Crippen LogP contribution >= 0.6 is 0 Å². The van der Waals surface area contributed by atoms with Crippen molar-refractivity contribution in [1.82, 2.24) is 0 Å². The lowest BCUT2D eigenvalue weighted by Crippen LogP contribution is -2.32. The van der Waals surface area contributed by atoms with Crippen LogP contribution in [0.1, 0.15) is 75.5 Å². The minimum atomic E-state index is -0.0393. The average Bonchev–Trinajstić information content (AvgIpc) is 2.80. The summed E-state index contributed by atoms with van der Waals surface area (Å²) < 4.78 is 9.26. The number of hydrogen-bond donors (Lipinski definition) is 0. The minimum absolute atomic E-state index is 0.0393. The van der Waals surface area contributed by atoms with Gasteiger partial charge in [0.2, 0.25) is 5.69 Å². The summed E-state index contributed by atoms with van der Waals surface area (Å²) in [5, 5.41) is 5.19. The van der Waals surface area contributed by atoms with E-state index in [1.54, 1.807) is 0 Å². The Bertz CT molecular complexity index is 1420. The first-order chi connectivity index (χ1) is 15.8. The van der Waals surface area contributed by atoms with Gasteiger partial charge in [0, 0.05) is 11.6 Å². The molecule has 33 heavy (non-hydrogen) atoms. The van der Waals surface area contributed by atoms with Crippen LogP contribution in [0.3, 0.4) is 0 Å². The number of pyridine rings is 1. The molecule has 0 unspecified atom stereocenters. The molecule has 0 amide bonds. The van der Waals surface area contributed by atoms with Crippen molar-refractivity contribution in [3.05, 3.63) is 65.4 Å². The van der Waals surface area contributed by atoms with Gasteiger partial charge in [0.15, 0.2) is 6.20 Å². The zero-order chi connectivity index (χ0) is 22.9. The molecule has 6 rings (SSSR count). The van der Waals surface area contributed by atoms with Crippen molar-refractivity contribution in [2.75, 3.05) is 0 Å². The van der Waals surface area contributed by atoms with Gasteiger partial charge >= 0.3 is 0 Å².